The molecular formula is C20H25FN4O4S. The highest BCUT2D eigenvalue weighted by Gasteiger charge is 2.36. The molecule has 1 aromatic carbocycles. The monoisotopic (exact) mass is 436 g/mol. The predicted molar refractivity (Wildman–Crippen MR) is 106 cm³/mol. The quantitative estimate of drug-likeness (QED) is 0.661. The summed E-state index contributed by atoms with van der Waals surface area (Å²) in [7, 11) is -3.81. The van der Waals surface area contributed by atoms with E-state index in [1.54, 1.807) is 4.90 Å². The molecule has 1 saturated carbocycles. The van der Waals surface area contributed by atoms with Gasteiger partial charge in [0.1, 0.15) is 5.82 Å². The standard InChI is InChI=1S/C20H25FN4O4S/c1-14(26)25(11-9-19-22-20(29-23-19)15-4-2-5-15)17-8-10-24(13-17)30(27,28)18-7-3-6-16(21)12-18/h3,6-7,12,15,17H,2,4-5,8-11,13H2,1H3. The van der Waals surface area contributed by atoms with Crippen molar-refractivity contribution >= 4 is 15.9 Å². The van der Waals surface area contributed by atoms with Crippen molar-refractivity contribution in [1.82, 2.24) is 19.3 Å². The lowest BCUT2D eigenvalue weighted by Crippen LogP contribution is -2.42. The molecule has 30 heavy (non-hydrogen) atoms. The van der Waals surface area contributed by atoms with Gasteiger partial charge in [-0.05, 0) is 37.5 Å². The lowest BCUT2D eigenvalue weighted by Gasteiger charge is -2.27. The fourth-order valence-corrected chi connectivity index (χ4v) is 5.49. The van der Waals surface area contributed by atoms with Gasteiger partial charge in [-0.2, -0.15) is 9.29 Å². The molecule has 0 N–H and O–H groups in total. The first-order valence-corrected chi connectivity index (χ1v) is 11.6. The average Bonchev–Trinajstić information content (AvgIpc) is 3.31. The molecule has 10 heteroatoms. The van der Waals surface area contributed by atoms with Gasteiger partial charge >= 0.3 is 0 Å². The first-order chi connectivity index (χ1) is 14.3. The summed E-state index contributed by atoms with van der Waals surface area (Å²) in [5.74, 6) is 0.849. The Hall–Kier alpha value is -2.33. The van der Waals surface area contributed by atoms with Crippen LogP contribution in [0.25, 0.3) is 0 Å². The van der Waals surface area contributed by atoms with Crippen molar-refractivity contribution in [2.45, 2.75) is 55.9 Å². The number of sulfonamides is 1. The van der Waals surface area contributed by atoms with Gasteiger partial charge in [0.15, 0.2) is 5.82 Å². The topological polar surface area (TPSA) is 96.6 Å². The molecule has 2 aromatic rings. The SMILES string of the molecule is CC(=O)N(CCc1noc(C2CCC2)n1)C1CCN(S(=O)(=O)c2cccc(F)c2)C1. The highest BCUT2D eigenvalue weighted by molar-refractivity contribution is 7.89. The molecule has 2 heterocycles. The summed E-state index contributed by atoms with van der Waals surface area (Å²) in [5.41, 5.74) is 0. The van der Waals surface area contributed by atoms with E-state index in [1.807, 2.05) is 0 Å². The highest BCUT2D eigenvalue weighted by Crippen LogP contribution is 2.35. The van der Waals surface area contributed by atoms with Crippen molar-refractivity contribution in [3.63, 3.8) is 0 Å². The largest absolute Gasteiger partial charge is 0.339 e. The molecule has 0 bridgehead atoms. The van der Waals surface area contributed by atoms with E-state index in [9.17, 15) is 17.6 Å². The van der Waals surface area contributed by atoms with E-state index in [1.165, 1.54) is 35.8 Å². The van der Waals surface area contributed by atoms with Crippen LogP contribution in [0.4, 0.5) is 4.39 Å². The Bertz CT molecular complexity index is 1020. The molecule has 0 radical (unpaired) electrons. The van der Waals surface area contributed by atoms with Crippen LogP contribution in [0.3, 0.4) is 0 Å². The number of rotatable bonds is 7. The number of carbonyl (C=O) groups excluding carboxylic acids is 1. The number of amides is 1. The third-order valence-electron chi connectivity index (χ3n) is 5.92. The Labute approximate surface area is 175 Å². The minimum Gasteiger partial charge on any atom is -0.339 e. The van der Waals surface area contributed by atoms with Gasteiger partial charge in [-0.3, -0.25) is 4.79 Å². The fraction of sp³-hybridized carbons (Fsp3) is 0.550. The molecule has 1 aromatic heterocycles. The van der Waals surface area contributed by atoms with Crippen LogP contribution < -0.4 is 0 Å². The maximum absolute atomic E-state index is 13.5. The third kappa shape index (κ3) is 4.24. The second kappa shape index (κ2) is 8.43. The van der Waals surface area contributed by atoms with Crippen LogP contribution in [0.1, 0.15) is 50.2 Å². The predicted octanol–water partition coefficient (Wildman–Crippen LogP) is 2.33. The minimum absolute atomic E-state index is 0.0761. The van der Waals surface area contributed by atoms with Crippen molar-refractivity contribution in [2.24, 2.45) is 0 Å². The van der Waals surface area contributed by atoms with Gasteiger partial charge in [-0.25, -0.2) is 12.8 Å². The minimum atomic E-state index is -3.81. The Balaban J connectivity index is 1.40. The lowest BCUT2D eigenvalue weighted by molar-refractivity contribution is -0.130. The van der Waals surface area contributed by atoms with E-state index in [2.05, 4.69) is 10.1 Å². The number of hydrogen-bond acceptors (Lipinski definition) is 6. The second-order valence-corrected chi connectivity index (χ2v) is 9.84. The normalized spacial score (nSPS) is 20.3. The molecule has 0 spiro atoms. The van der Waals surface area contributed by atoms with Crippen LogP contribution in [-0.2, 0) is 21.2 Å². The molecule has 2 aliphatic rings. The van der Waals surface area contributed by atoms with E-state index in [4.69, 9.17) is 4.52 Å². The summed E-state index contributed by atoms with van der Waals surface area (Å²) in [6.07, 6.45) is 4.28. The third-order valence-corrected chi connectivity index (χ3v) is 7.78. The first-order valence-electron chi connectivity index (χ1n) is 10.2. The number of halogens is 1. The van der Waals surface area contributed by atoms with E-state index >= 15 is 0 Å². The Morgan fingerprint density at radius 2 is 2.13 bits per heavy atom. The molecule has 1 aliphatic heterocycles. The zero-order valence-electron chi connectivity index (χ0n) is 16.8. The Morgan fingerprint density at radius 1 is 1.33 bits per heavy atom. The van der Waals surface area contributed by atoms with Gasteiger partial charge in [0.25, 0.3) is 0 Å². The number of nitrogens with zero attached hydrogens (tertiary/aromatic N) is 4. The summed E-state index contributed by atoms with van der Waals surface area (Å²) in [4.78, 5) is 18.3. The molecular weight excluding hydrogens is 411 g/mol. The van der Waals surface area contributed by atoms with Gasteiger partial charge < -0.3 is 9.42 Å². The molecule has 1 unspecified atom stereocenters. The lowest BCUT2D eigenvalue weighted by atomic mass is 9.85. The Morgan fingerprint density at radius 3 is 2.80 bits per heavy atom. The molecule has 2 fully saturated rings. The van der Waals surface area contributed by atoms with E-state index in [0.29, 0.717) is 37.0 Å². The number of benzene rings is 1. The molecule has 8 nitrogen and oxygen atoms in total. The molecule has 4 rings (SSSR count). The van der Waals surface area contributed by atoms with Gasteiger partial charge in [0.05, 0.1) is 4.90 Å². The second-order valence-electron chi connectivity index (χ2n) is 7.90. The van der Waals surface area contributed by atoms with E-state index in [0.717, 1.165) is 18.9 Å². The molecule has 1 saturated heterocycles. The molecule has 1 aliphatic carbocycles. The first kappa shape index (κ1) is 20.9. The molecule has 1 amide bonds. The fourth-order valence-electron chi connectivity index (χ4n) is 3.97. The number of hydrogen-bond donors (Lipinski definition) is 0. The van der Waals surface area contributed by atoms with Crippen molar-refractivity contribution in [2.75, 3.05) is 19.6 Å². The summed E-state index contributed by atoms with van der Waals surface area (Å²) in [5, 5.41) is 4.01. The Kier molecular flexibility index (Phi) is 5.88. The van der Waals surface area contributed by atoms with Crippen molar-refractivity contribution < 1.29 is 22.1 Å². The zero-order chi connectivity index (χ0) is 21.3. The van der Waals surface area contributed by atoms with Crippen LogP contribution in [0, 0.1) is 5.82 Å². The number of carbonyl (C=O) groups is 1. The van der Waals surface area contributed by atoms with Gasteiger partial charge in [-0.15, -0.1) is 0 Å². The summed E-state index contributed by atoms with van der Waals surface area (Å²) < 4.78 is 45.8. The zero-order valence-corrected chi connectivity index (χ0v) is 17.6. The summed E-state index contributed by atoms with van der Waals surface area (Å²) >= 11 is 0. The van der Waals surface area contributed by atoms with Gasteiger partial charge in [-0.1, -0.05) is 17.6 Å². The molecule has 1 atom stereocenters. The van der Waals surface area contributed by atoms with Crippen LogP contribution in [0.15, 0.2) is 33.7 Å². The van der Waals surface area contributed by atoms with Crippen LogP contribution >= 0.6 is 0 Å². The maximum Gasteiger partial charge on any atom is 0.243 e. The maximum atomic E-state index is 13.5. The van der Waals surface area contributed by atoms with Crippen molar-refractivity contribution in [1.29, 1.82) is 0 Å². The van der Waals surface area contributed by atoms with Crippen LogP contribution in [-0.4, -0.2) is 59.3 Å². The van der Waals surface area contributed by atoms with E-state index in [-0.39, 0.29) is 29.9 Å². The van der Waals surface area contributed by atoms with Crippen molar-refractivity contribution in [3.05, 3.63) is 41.8 Å². The van der Waals surface area contributed by atoms with Gasteiger partial charge in [0, 0.05) is 44.9 Å². The van der Waals surface area contributed by atoms with E-state index < -0.39 is 15.8 Å². The molecule has 162 valence electrons. The smallest absolute Gasteiger partial charge is 0.243 e. The highest BCUT2D eigenvalue weighted by atomic mass is 32.2. The van der Waals surface area contributed by atoms with Gasteiger partial charge in [0.2, 0.25) is 21.8 Å². The van der Waals surface area contributed by atoms with Crippen molar-refractivity contribution in [3.8, 4) is 0 Å². The van der Waals surface area contributed by atoms with Crippen LogP contribution in [0.5, 0.6) is 0 Å². The number of aromatic nitrogens is 2. The summed E-state index contributed by atoms with van der Waals surface area (Å²) in [6, 6.07) is 4.73. The average molecular weight is 437 g/mol. The summed E-state index contributed by atoms with van der Waals surface area (Å²) in [6.45, 7) is 2.32. The van der Waals surface area contributed by atoms with Crippen LogP contribution in [0.2, 0.25) is 0 Å².